The summed E-state index contributed by atoms with van der Waals surface area (Å²) in [6, 6.07) is 1.89. The molecule has 0 saturated heterocycles. The SMILES string of the molecule is S=c1[nH]nc(C2CC2)n1Cc1ccncn1. The summed E-state index contributed by atoms with van der Waals surface area (Å²) in [4.78, 5) is 8.09. The number of aromatic amines is 1. The first-order valence-electron chi connectivity index (χ1n) is 5.24. The van der Waals surface area contributed by atoms with Crippen molar-refractivity contribution in [1.29, 1.82) is 0 Å². The molecule has 0 bridgehead atoms. The van der Waals surface area contributed by atoms with Crippen LogP contribution >= 0.6 is 12.2 Å². The molecule has 6 heteroatoms. The third kappa shape index (κ3) is 1.76. The Bertz CT molecular complexity index is 540. The molecule has 1 N–H and O–H groups in total. The third-order valence-electron chi connectivity index (χ3n) is 2.69. The van der Waals surface area contributed by atoms with Crippen molar-refractivity contribution in [2.45, 2.75) is 25.3 Å². The lowest BCUT2D eigenvalue weighted by molar-refractivity contribution is 0.702. The summed E-state index contributed by atoms with van der Waals surface area (Å²) >= 11 is 5.22. The van der Waals surface area contributed by atoms with E-state index in [0.29, 0.717) is 17.2 Å². The van der Waals surface area contributed by atoms with E-state index < -0.39 is 0 Å². The standard InChI is InChI=1S/C10H11N5S/c16-10-14-13-9(7-1-2-7)15(10)5-8-3-4-11-6-12-8/h3-4,6-7H,1-2,5H2,(H,14,16). The minimum Gasteiger partial charge on any atom is -0.298 e. The molecule has 1 aliphatic carbocycles. The van der Waals surface area contributed by atoms with Crippen molar-refractivity contribution in [1.82, 2.24) is 24.7 Å². The van der Waals surface area contributed by atoms with Crippen LogP contribution in [-0.2, 0) is 6.54 Å². The number of aromatic nitrogens is 5. The zero-order chi connectivity index (χ0) is 11.0. The van der Waals surface area contributed by atoms with Gasteiger partial charge >= 0.3 is 0 Å². The van der Waals surface area contributed by atoms with Crippen LogP contribution in [0.5, 0.6) is 0 Å². The van der Waals surface area contributed by atoms with E-state index in [2.05, 4.69) is 20.2 Å². The molecular weight excluding hydrogens is 222 g/mol. The topological polar surface area (TPSA) is 59.4 Å². The lowest BCUT2D eigenvalue weighted by Gasteiger charge is -2.04. The molecule has 1 fully saturated rings. The Balaban J connectivity index is 1.94. The molecule has 0 unspecified atom stereocenters. The third-order valence-corrected chi connectivity index (χ3v) is 3.01. The van der Waals surface area contributed by atoms with Gasteiger partial charge in [-0.2, -0.15) is 5.10 Å². The summed E-state index contributed by atoms with van der Waals surface area (Å²) in [5, 5.41) is 7.13. The first-order chi connectivity index (χ1) is 7.84. The second kappa shape index (κ2) is 3.79. The van der Waals surface area contributed by atoms with Gasteiger partial charge < -0.3 is 0 Å². The Morgan fingerprint density at radius 2 is 2.38 bits per heavy atom. The summed E-state index contributed by atoms with van der Waals surface area (Å²) in [5.74, 6) is 1.64. The van der Waals surface area contributed by atoms with E-state index in [0.717, 1.165) is 11.5 Å². The van der Waals surface area contributed by atoms with Crippen molar-refractivity contribution in [3.05, 3.63) is 34.9 Å². The maximum atomic E-state index is 5.22. The fourth-order valence-corrected chi connectivity index (χ4v) is 1.91. The molecule has 0 atom stereocenters. The zero-order valence-electron chi connectivity index (χ0n) is 8.63. The lowest BCUT2D eigenvalue weighted by Crippen LogP contribution is -2.06. The molecule has 5 nitrogen and oxygen atoms in total. The van der Waals surface area contributed by atoms with Crippen LogP contribution in [0.4, 0.5) is 0 Å². The largest absolute Gasteiger partial charge is 0.298 e. The first-order valence-corrected chi connectivity index (χ1v) is 5.65. The lowest BCUT2D eigenvalue weighted by atomic mass is 10.3. The van der Waals surface area contributed by atoms with Gasteiger partial charge in [0.25, 0.3) is 0 Å². The highest BCUT2D eigenvalue weighted by molar-refractivity contribution is 7.71. The summed E-state index contributed by atoms with van der Waals surface area (Å²) < 4.78 is 2.69. The molecule has 82 valence electrons. The van der Waals surface area contributed by atoms with Gasteiger partial charge in [0.1, 0.15) is 12.2 Å². The van der Waals surface area contributed by atoms with E-state index >= 15 is 0 Å². The van der Waals surface area contributed by atoms with Gasteiger partial charge in [-0.1, -0.05) is 0 Å². The van der Waals surface area contributed by atoms with Crippen LogP contribution in [0.1, 0.15) is 30.3 Å². The Morgan fingerprint density at radius 3 is 3.06 bits per heavy atom. The molecule has 0 aromatic carbocycles. The van der Waals surface area contributed by atoms with Crippen LogP contribution in [0.2, 0.25) is 0 Å². The average molecular weight is 233 g/mol. The molecule has 0 radical (unpaired) electrons. The normalized spacial score (nSPS) is 15.2. The van der Waals surface area contributed by atoms with Gasteiger partial charge in [0.15, 0.2) is 4.77 Å². The number of nitrogens with zero attached hydrogens (tertiary/aromatic N) is 4. The van der Waals surface area contributed by atoms with Gasteiger partial charge in [-0.25, -0.2) is 9.97 Å². The number of H-pyrrole nitrogens is 1. The Morgan fingerprint density at radius 1 is 1.50 bits per heavy atom. The van der Waals surface area contributed by atoms with Gasteiger partial charge in [-0.15, -0.1) is 0 Å². The molecule has 0 aliphatic heterocycles. The van der Waals surface area contributed by atoms with Gasteiger partial charge in [0, 0.05) is 12.1 Å². The maximum absolute atomic E-state index is 5.22. The van der Waals surface area contributed by atoms with E-state index in [1.807, 2.05) is 10.6 Å². The summed E-state index contributed by atoms with van der Waals surface area (Å²) in [7, 11) is 0. The summed E-state index contributed by atoms with van der Waals surface area (Å²) in [5.41, 5.74) is 0.953. The second-order valence-electron chi connectivity index (χ2n) is 3.95. The van der Waals surface area contributed by atoms with Crippen LogP contribution in [0.15, 0.2) is 18.6 Å². The Labute approximate surface area is 97.6 Å². The molecule has 2 heterocycles. The highest BCUT2D eigenvalue weighted by Crippen LogP contribution is 2.38. The molecule has 3 rings (SSSR count). The van der Waals surface area contributed by atoms with Crippen molar-refractivity contribution in [2.24, 2.45) is 0 Å². The van der Waals surface area contributed by atoms with Gasteiger partial charge in [-0.05, 0) is 31.1 Å². The quantitative estimate of drug-likeness (QED) is 0.819. The van der Waals surface area contributed by atoms with Crippen molar-refractivity contribution >= 4 is 12.2 Å². The minimum absolute atomic E-state index is 0.579. The smallest absolute Gasteiger partial charge is 0.195 e. The fraction of sp³-hybridized carbons (Fsp3) is 0.400. The van der Waals surface area contributed by atoms with Crippen LogP contribution in [-0.4, -0.2) is 24.7 Å². The number of nitrogens with one attached hydrogen (secondary N) is 1. The molecule has 2 aromatic rings. The van der Waals surface area contributed by atoms with Crippen LogP contribution < -0.4 is 0 Å². The second-order valence-corrected chi connectivity index (χ2v) is 4.33. The molecular formula is C10H11N5S. The monoisotopic (exact) mass is 233 g/mol. The zero-order valence-corrected chi connectivity index (χ0v) is 9.44. The first kappa shape index (κ1) is 9.65. The molecule has 0 spiro atoms. The molecule has 1 saturated carbocycles. The van der Waals surface area contributed by atoms with E-state index in [1.165, 1.54) is 12.8 Å². The van der Waals surface area contributed by atoms with Crippen molar-refractivity contribution in [3.63, 3.8) is 0 Å². The number of hydrogen-bond acceptors (Lipinski definition) is 4. The maximum Gasteiger partial charge on any atom is 0.195 e. The molecule has 0 amide bonds. The Kier molecular flexibility index (Phi) is 2.28. The van der Waals surface area contributed by atoms with Gasteiger partial charge in [-0.3, -0.25) is 9.67 Å². The highest BCUT2D eigenvalue weighted by atomic mass is 32.1. The van der Waals surface area contributed by atoms with Crippen molar-refractivity contribution in [2.75, 3.05) is 0 Å². The molecule has 16 heavy (non-hydrogen) atoms. The van der Waals surface area contributed by atoms with E-state index in [4.69, 9.17) is 12.2 Å². The summed E-state index contributed by atoms with van der Waals surface area (Å²) in [6.45, 7) is 0.670. The highest BCUT2D eigenvalue weighted by Gasteiger charge is 2.29. The van der Waals surface area contributed by atoms with Crippen LogP contribution in [0, 0.1) is 4.77 Å². The Hall–Kier alpha value is -1.56. The van der Waals surface area contributed by atoms with E-state index in [-0.39, 0.29) is 0 Å². The number of hydrogen-bond donors (Lipinski definition) is 1. The average Bonchev–Trinajstić information content (AvgIpc) is 3.08. The van der Waals surface area contributed by atoms with Crippen LogP contribution in [0.3, 0.4) is 0 Å². The molecule has 2 aromatic heterocycles. The van der Waals surface area contributed by atoms with Crippen molar-refractivity contribution in [3.8, 4) is 0 Å². The number of rotatable bonds is 3. The summed E-state index contributed by atoms with van der Waals surface area (Å²) in [6.07, 6.45) is 5.71. The van der Waals surface area contributed by atoms with E-state index in [1.54, 1.807) is 12.5 Å². The minimum atomic E-state index is 0.579. The van der Waals surface area contributed by atoms with Crippen LogP contribution in [0.25, 0.3) is 0 Å². The van der Waals surface area contributed by atoms with E-state index in [9.17, 15) is 0 Å². The van der Waals surface area contributed by atoms with Crippen molar-refractivity contribution < 1.29 is 0 Å². The van der Waals surface area contributed by atoms with Gasteiger partial charge in [0.2, 0.25) is 0 Å². The predicted octanol–water partition coefficient (Wildman–Crippen LogP) is 1.66. The molecule has 1 aliphatic rings. The van der Waals surface area contributed by atoms with Gasteiger partial charge in [0.05, 0.1) is 12.2 Å². The predicted molar refractivity (Wildman–Crippen MR) is 60.5 cm³/mol. The fourth-order valence-electron chi connectivity index (χ4n) is 1.71.